The monoisotopic (exact) mass is 182 g/mol. The first-order chi connectivity index (χ1) is 5.45. The van der Waals surface area contributed by atoms with Gasteiger partial charge in [0.25, 0.3) is 0 Å². The van der Waals surface area contributed by atoms with Crippen LogP contribution in [0.5, 0.6) is 0 Å². The zero-order valence-corrected chi connectivity index (χ0v) is 7.28. The highest BCUT2D eigenvalue weighted by Crippen LogP contribution is 2.27. The molecule has 0 aliphatic carbocycles. The number of imidazole rings is 1. The Morgan fingerprint density at radius 1 is 1.55 bits per heavy atom. The van der Waals surface area contributed by atoms with Crippen molar-refractivity contribution in [3.63, 3.8) is 0 Å². The second-order valence-electron chi connectivity index (χ2n) is 1.93. The Bertz CT molecular complexity index is 267. The topological polar surface area (TPSA) is 28.7 Å². The molecule has 0 saturated carbocycles. The van der Waals surface area contributed by atoms with E-state index in [1.165, 1.54) is 4.21 Å². The van der Waals surface area contributed by atoms with Crippen molar-refractivity contribution in [2.45, 2.75) is 9.37 Å². The quantitative estimate of drug-likeness (QED) is 0.773. The van der Waals surface area contributed by atoms with Gasteiger partial charge in [0, 0.05) is 12.4 Å². The van der Waals surface area contributed by atoms with Gasteiger partial charge in [0.2, 0.25) is 0 Å². The van der Waals surface area contributed by atoms with Gasteiger partial charge in [0.1, 0.15) is 0 Å². The Hall–Kier alpha value is -0.740. The summed E-state index contributed by atoms with van der Waals surface area (Å²) in [7, 11) is 0. The molecule has 0 bridgehead atoms. The number of nitrogens with one attached hydrogen (secondary N) is 1. The van der Waals surface area contributed by atoms with Crippen LogP contribution in [0.4, 0.5) is 0 Å². The lowest BCUT2D eigenvalue weighted by Crippen LogP contribution is -1.69. The van der Waals surface area contributed by atoms with Gasteiger partial charge in [-0.25, -0.2) is 4.98 Å². The molecule has 56 valence electrons. The predicted molar refractivity (Wildman–Crippen MR) is 47.0 cm³/mol. The van der Waals surface area contributed by atoms with Crippen molar-refractivity contribution >= 4 is 23.1 Å². The maximum atomic E-state index is 4.11. The van der Waals surface area contributed by atoms with Crippen molar-refractivity contribution < 1.29 is 0 Å². The summed E-state index contributed by atoms with van der Waals surface area (Å²) in [4.78, 5) is 7.14. The Labute approximate surface area is 72.7 Å². The molecule has 0 unspecified atom stereocenters. The molecular formula is C7H6N2S2. The summed E-state index contributed by atoms with van der Waals surface area (Å²) in [6.45, 7) is 0. The van der Waals surface area contributed by atoms with Gasteiger partial charge in [0.15, 0.2) is 5.16 Å². The molecule has 2 aromatic rings. The van der Waals surface area contributed by atoms with Crippen molar-refractivity contribution in [1.29, 1.82) is 0 Å². The largest absolute Gasteiger partial charge is 0.339 e. The van der Waals surface area contributed by atoms with E-state index in [1.807, 2.05) is 12.3 Å². The van der Waals surface area contributed by atoms with E-state index in [0.29, 0.717) is 0 Å². The van der Waals surface area contributed by atoms with E-state index >= 15 is 0 Å². The molecule has 0 aromatic carbocycles. The van der Waals surface area contributed by atoms with E-state index in [1.54, 1.807) is 29.3 Å². The molecule has 2 heterocycles. The second kappa shape index (κ2) is 3.11. The third-order valence-corrected chi connectivity index (χ3v) is 3.12. The van der Waals surface area contributed by atoms with Crippen LogP contribution in [0, 0.1) is 0 Å². The number of H-pyrrole nitrogens is 1. The van der Waals surface area contributed by atoms with Crippen LogP contribution in [0.3, 0.4) is 0 Å². The van der Waals surface area contributed by atoms with Gasteiger partial charge in [-0.2, -0.15) is 0 Å². The minimum absolute atomic E-state index is 0.951. The first kappa shape index (κ1) is 6.94. The van der Waals surface area contributed by atoms with E-state index in [2.05, 4.69) is 21.4 Å². The molecule has 0 aliphatic heterocycles. The van der Waals surface area contributed by atoms with Crippen LogP contribution in [0.2, 0.25) is 0 Å². The number of thiophene rings is 1. The Balaban J connectivity index is 2.14. The first-order valence-corrected chi connectivity index (χ1v) is 4.85. The molecular weight excluding hydrogens is 176 g/mol. The van der Waals surface area contributed by atoms with Gasteiger partial charge in [-0.05, 0) is 23.2 Å². The highest BCUT2D eigenvalue weighted by molar-refractivity contribution is 8.01. The molecule has 4 heteroatoms. The van der Waals surface area contributed by atoms with Gasteiger partial charge in [-0.1, -0.05) is 6.07 Å². The summed E-state index contributed by atoms with van der Waals surface area (Å²) in [5.41, 5.74) is 0. The van der Waals surface area contributed by atoms with Crippen molar-refractivity contribution in [2.24, 2.45) is 0 Å². The van der Waals surface area contributed by atoms with Crippen molar-refractivity contribution in [1.82, 2.24) is 9.97 Å². The third-order valence-electron chi connectivity index (χ3n) is 1.17. The molecule has 0 aliphatic rings. The first-order valence-electron chi connectivity index (χ1n) is 3.16. The molecule has 2 nitrogen and oxygen atoms in total. The minimum atomic E-state index is 0.951. The van der Waals surface area contributed by atoms with Gasteiger partial charge in [-0.15, -0.1) is 11.3 Å². The normalized spacial score (nSPS) is 10.2. The SMILES string of the molecule is c1csc(Sc2ncc[nH]2)c1. The van der Waals surface area contributed by atoms with E-state index in [-0.39, 0.29) is 0 Å². The second-order valence-corrected chi connectivity index (χ2v) is 4.17. The molecule has 0 spiro atoms. The highest BCUT2D eigenvalue weighted by Gasteiger charge is 1.97. The molecule has 0 fully saturated rings. The third kappa shape index (κ3) is 1.64. The van der Waals surface area contributed by atoms with Crippen LogP contribution in [0.1, 0.15) is 0 Å². The van der Waals surface area contributed by atoms with Crippen LogP contribution < -0.4 is 0 Å². The Morgan fingerprint density at radius 3 is 3.18 bits per heavy atom. The van der Waals surface area contributed by atoms with Gasteiger partial charge >= 0.3 is 0 Å². The van der Waals surface area contributed by atoms with E-state index in [4.69, 9.17) is 0 Å². The van der Waals surface area contributed by atoms with Crippen LogP contribution in [0.15, 0.2) is 39.3 Å². The number of nitrogens with zero attached hydrogens (tertiary/aromatic N) is 1. The molecule has 0 saturated heterocycles. The van der Waals surface area contributed by atoms with Crippen LogP contribution >= 0.6 is 23.1 Å². The molecule has 2 rings (SSSR count). The molecule has 11 heavy (non-hydrogen) atoms. The molecule has 1 N–H and O–H groups in total. The number of hydrogen-bond donors (Lipinski definition) is 1. The summed E-state index contributed by atoms with van der Waals surface area (Å²) in [6, 6.07) is 4.12. The fourth-order valence-corrected chi connectivity index (χ4v) is 2.35. The zero-order chi connectivity index (χ0) is 7.52. The molecule has 0 radical (unpaired) electrons. The van der Waals surface area contributed by atoms with Crippen LogP contribution in [0.25, 0.3) is 0 Å². The van der Waals surface area contributed by atoms with Gasteiger partial charge < -0.3 is 4.98 Å². The van der Waals surface area contributed by atoms with Gasteiger partial charge in [-0.3, -0.25) is 0 Å². The number of rotatable bonds is 2. The van der Waals surface area contributed by atoms with E-state index in [9.17, 15) is 0 Å². The average molecular weight is 182 g/mol. The summed E-state index contributed by atoms with van der Waals surface area (Å²) in [5.74, 6) is 0. The van der Waals surface area contributed by atoms with Gasteiger partial charge in [0.05, 0.1) is 4.21 Å². The predicted octanol–water partition coefficient (Wildman–Crippen LogP) is 2.62. The molecule has 2 aromatic heterocycles. The fourth-order valence-electron chi connectivity index (χ4n) is 0.723. The Morgan fingerprint density at radius 2 is 2.55 bits per heavy atom. The van der Waals surface area contributed by atoms with E-state index in [0.717, 1.165) is 5.16 Å². The number of aromatic nitrogens is 2. The summed E-state index contributed by atoms with van der Waals surface area (Å²) < 4.78 is 1.26. The number of hydrogen-bond acceptors (Lipinski definition) is 3. The highest BCUT2D eigenvalue weighted by atomic mass is 32.2. The van der Waals surface area contributed by atoms with E-state index < -0.39 is 0 Å². The molecule has 0 atom stereocenters. The lowest BCUT2D eigenvalue weighted by molar-refractivity contribution is 1.06. The molecule has 0 amide bonds. The fraction of sp³-hybridized carbons (Fsp3) is 0. The summed E-state index contributed by atoms with van der Waals surface area (Å²) in [6.07, 6.45) is 3.59. The lowest BCUT2D eigenvalue weighted by atomic mass is 10.7. The average Bonchev–Trinajstić information content (AvgIpc) is 2.60. The maximum Gasteiger partial charge on any atom is 0.170 e. The minimum Gasteiger partial charge on any atom is -0.339 e. The summed E-state index contributed by atoms with van der Waals surface area (Å²) >= 11 is 3.38. The lowest BCUT2D eigenvalue weighted by Gasteiger charge is -1.89. The summed E-state index contributed by atoms with van der Waals surface area (Å²) in [5, 5.41) is 3.01. The number of aromatic amines is 1. The van der Waals surface area contributed by atoms with Crippen molar-refractivity contribution in [2.75, 3.05) is 0 Å². The van der Waals surface area contributed by atoms with Crippen molar-refractivity contribution in [3.05, 3.63) is 29.9 Å². The maximum absolute atomic E-state index is 4.11. The standard InChI is InChI=1S/C7H6N2S2/c1-2-6(10-5-1)11-7-8-3-4-9-7/h1-5H,(H,8,9). The smallest absolute Gasteiger partial charge is 0.170 e. The van der Waals surface area contributed by atoms with Crippen LogP contribution in [-0.4, -0.2) is 9.97 Å². The zero-order valence-electron chi connectivity index (χ0n) is 5.65. The van der Waals surface area contributed by atoms with Crippen molar-refractivity contribution in [3.8, 4) is 0 Å². The van der Waals surface area contributed by atoms with Crippen LogP contribution in [-0.2, 0) is 0 Å². The Kier molecular flexibility index (Phi) is 1.96.